The molecule has 0 atom stereocenters. The van der Waals surface area contributed by atoms with Crippen molar-refractivity contribution in [1.29, 1.82) is 0 Å². The van der Waals surface area contributed by atoms with E-state index in [1.165, 1.54) is 25.5 Å². The SMILES string of the molecule is CC(=O)SS(=O)(=O)c1ccc(-c2ccccc2)cc1.CCC. The summed E-state index contributed by atoms with van der Waals surface area (Å²) in [7, 11) is -3.25. The molecule has 0 heterocycles. The van der Waals surface area contributed by atoms with Gasteiger partial charge in [0.2, 0.25) is 14.0 Å². The minimum absolute atomic E-state index is 0.146. The molecule has 118 valence electrons. The van der Waals surface area contributed by atoms with E-state index in [0.29, 0.717) is 10.8 Å². The standard InChI is InChI=1S/C14H12O3S2.C3H8/c1-11(15)18-19(16,17)14-9-7-13(8-10-14)12-5-3-2-4-6-12;1-3-2/h2-10H,1H3;3H2,1-2H3. The summed E-state index contributed by atoms with van der Waals surface area (Å²) >= 11 is 0. The van der Waals surface area contributed by atoms with Crippen LogP contribution in [-0.2, 0) is 13.7 Å². The minimum Gasteiger partial charge on any atom is -0.286 e. The average Bonchev–Trinajstić information content (AvgIpc) is 2.48. The molecule has 0 spiro atoms. The topological polar surface area (TPSA) is 51.2 Å². The highest BCUT2D eigenvalue weighted by Gasteiger charge is 2.17. The quantitative estimate of drug-likeness (QED) is 0.760. The predicted octanol–water partition coefficient (Wildman–Crippen LogP) is 4.74. The summed E-state index contributed by atoms with van der Waals surface area (Å²) in [5, 5.41) is -0.438. The first-order valence-electron chi connectivity index (χ1n) is 7.01. The maximum Gasteiger partial charge on any atom is 0.237 e. The summed E-state index contributed by atoms with van der Waals surface area (Å²) in [5.41, 5.74) is 1.96. The monoisotopic (exact) mass is 336 g/mol. The molecule has 0 radical (unpaired) electrons. The molecule has 2 aromatic rings. The number of hydrogen-bond donors (Lipinski definition) is 0. The molecular weight excluding hydrogens is 316 g/mol. The molecule has 2 aromatic carbocycles. The molecule has 0 saturated heterocycles. The first-order chi connectivity index (χ1) is 10.4. The fraction of sp³-hybridized carbons (Fsp3) is 0.235. The van der Waals surface area contributed by atoms with Crippen LogP contribution in [0.5, 0.6) is 0 Å². The van der Waals surface area contributed by atoms with E-state index in [9.17, 15) is 13.2 Å². The molecule has 22 heavy (non-hydrogen) atoms. The molecular formula is C17H20O3S2. The van der Waals surface area contributed by atoms with Crippen LogP contribution in [-0.4, -0.2) is 13.5 Å². The van der Waals surface area contributed by atoms with Crippen molar-refractivity contribution in [3.8, 4) is 11.1 Å². The second kappa shape index (κ2) is 8.76. The molecule has 5 heteroatoms. The van der Waals surface area contributed by atoms with Gasteiger partial charge in [-0.2, -0.15) is 0 Å². The van der Waals surface area contributed by atoms with Gasteiger partial charge in [0.05, 0.1) is 4.90 Å². The number of benzene rings is 2. The molecule has 0 amide bonds. The van der Waals surface area contributed by atoms with Crippen LogP contribution in [0.2, 0.25) is 0 Å². The van der Waals surface area contributed by atoms with Crippen LogP contribution in [0.3, 0.4) is 0 Å². The first kappa shape index (κ1) is 18.5. The minimum atomic E-state index is -3.59. The van der Waals surface area contributed by atoms with Gasteiger partial charge in [-0.15, -0.1) is 0 Å². The molecule has 2 rings (SSSR count). The van der Waals surface area contributed by atoms with Crippen LogP contribution in [0.1, 0.15) is 27.2 Å². The van der Waals surface area contributed by atoms with Crippen molar-refractivity contribution in [2.45, 2.75) is 32.1 Å². The lowest BCUT2D eigenvalue weighted by molar-refractivity contribution is -0.109. The Labute approximate surface area is 136 Å². The molecule has 0 bridgehead atoms. The van der Waals surface area contributed by atoms with E-state index in [1.54, 1.807) is 12.1 Å². The van der Waals surface area contributed by atoms with Crippen LogP contribution >= 0.6 is 10.8 Å². The average molecular weight is 336 g/mol. The number of carbonyl (C=O) groups is 1. The van der Waals surface area contributed by atoms with Gasteiger partial charge in [0.15, 0.2) is 0 Å². The van der Waals surface area contributed by atoms with Gasteiger partial charge in [-0.3, -0.25) is 4.79 Å². The van der Waals surface area contributed by atoms with E-state index in [0.717, 1.165) is 11.1 Å². The van der Waals surface area contributed by atoms with E-state index in [1.807, 2.05) is 30.3 Å². The Hall–Kier alpha value is -1.59. The van der Waals surface area contributed by atoms with E-state index in [2.05, 4.69) is 13.8 Å². The lowest BCUT2D eigenvalue weighted by atomic mass is 10.1. The van der Waals surface area contributed by atoms with Gasteiger partial charge in [-0.25, -0.2) is 8.42 Å². The second-order valence-corrected chi connectivity index (χ2v) is 8.56. The fourth-order valence-corrected chi connectivity index (χ4v) is 4.07. The third-order valence-corrected chi connectivity index (χ3v) is 5.72. The van der Waals surface area contributed by atoms with Gasteiger partial charge in [0.1, 0.15) is 0 Å². The van der Waals surface area contributed by atoms with E-state index < -0.39 is 14.0 Å². The Morgan fingerprint density at radius 2 is 1.36 bits per heavy atom. The number of rotatable bonds is 3. The van der Waals surface area contributed by atoms with Gasteiger partial charge in [0, 0.05) is 17.7 Å². The van der Waals surface area contributed by atoms with E-state index in [-0.39, 0.29) is 4.90 Å². The molecule has 0 aliphatic heterocycles. The van der Waals surface area contributed by atoms with Crippen molar-refractivity contribution < 1.29 is 13.2 Å². The first-order valence-corrected chi connectivity index (χ1v) is 9.83. The van der Waals surface area contributed by atoms with Gasteiger partial charge in [-0.05, 0) is 23.3 Å². The Balaban J connectivity index is 0.000000745. The van der Waals surface area contributed by atoms with Crippen LogP contribution in [0.25, 0.3) is 11.1 Å². The third kappa shape index (κ3) is 5.66. The zero-order chi connectivity index (χ0) is 16.6. The Morgan fingerprint density at radius 1 is 0.909 bits per heavy atom. The van der Waals surface area contributed by atoms with Gasteiger partial charge < -0.3 is 0 Å². The molecule has 0 N–H and O–H groups in total. The van der Waals surface area contributed by atoms with Gasteiger partial charge in [0.25, 0.3) is 0 Å². The third-order valence-electron chi connectivity index (χ3n) is 2.48. The molecule has 0 aliphatic rings. The normalized spacial score (nSPS) is 10.5. The Bertz CT molecular complexity index is 690. The fourth-order valence-electron chi connectivity index (χ4n) is 1.65. The zero-order valence-corrected chi connectivity index (χ0v) is 14.6. The van der Waals surface area contributed by atoms with Crippen molar-refractivity contribution in [3.05, 3.63) is 54.6 Å². The van der Waals surface area contributed by atoms with Crippen molar-refractivity contribution in [3.63, 3.8) is 0 Å². The molecule has 0 fully saturated rings. The number of carbonyl (C=O) groups excluding carboxylic acids is 1. The molecule has 0 aromatic heterocycles. The summed E-state index contributed by atoms with van der Waals surface area (Å²) in [5.74, 6) is 0. The van der Waals surface area contributed by atoms with Crippen LogP contribution in [0, 0.1) is 0 Å². The Morgan fingerprint density at radius 3 is 1.82 bits per heavy atom. The maximum atomic E-state index is 11.8. The predicted molar refractivity (Wildman–Crippen MR) is 93.3 cm³/mol. The molecule has 0 unspecified atom stereocenters. The highest BCUT2D eigenvalue weighted by atomic mass is 33.1. The van der Waals surface area contributed by atoms with Crippen molar-refractivity contribution in [2.75, 3.05) is 0 Å². The van der Waals surface area contributed by atoms with E-state index in [4.69, 9.17) is 0 Å². The molecule has 3 nitrogen and oxygen atoms in total. The summed E-state index contributed by atoms with van der Waals surface area (Å²) in [6.07, 6.45) is 1.25. The summed E-state index contributed by atoms with van der Waals surface area (Å²) in [6, 6.07) is 16.2. The highest BCUT2D eigenvalue weighted by Crippen LogP contribution is 2.26. The zero-order valence-electron chi connectivity index (χ0n) is 12.9. The highest BCUT2D eigenvalue weighted by molar-refractivity contribution is 8.77. The lowest BCUT2D eigenvalue weighted by Gasteiger charge is -2.04. The summed E-state index contributed by atoms with van der Waals surface area (Å²) in [6.45, 7) is 5.49. The Kier molecular flexibility index (Phi) is 7.35. The van der Waals surface area contributed by atoms with Crippen LogP contribution in [0.4, 0.5) is 0 Å². The summed E-state index contributed by atoms with van der Waals surface area (Å²) in [4.78, 5) is 11.1. The van der Waals surface area contributed by atoms with Gasteiger partial charge >= 0.3 is 0 Å². The lowest BCUT2D eigenvalue weighted by Crippen LogP contribution is -1.98. The molecule has 0 aliphatic carbocycles. The van der Waals surface area contributed by atoms with Crippen molar-refractivity contribution in [1.82, 2.24) is 0 Å². The van der Waals surface area contributed by atoms with Crippen LogP contribution < -0.4 is 0 Å². The van der Waals surface area contributed by atoms with Crippen LogP contribution in [0.15, 0.2) is 59.5 Å². The van der Waals surface area contributed by atoms with Crippen molar-refractivity contribution in [2.24, 2.45) is 0 Å². The largest absolute Gasteiger partial charge is 0.286 e. The molecule has 0 saturated carbocycles. The van der Waals surface area contributed by atoms with Crippen molar-refractivity contribution >= 4 is 24.8 Å². The van der Waals surface area contributed by atoms with Gasteiger partial charge in [-0.1, -0.05) is 62.7 Å². The smallest absolute Gasteiger partial charge is 0.237 e. The maximum absolute atomic E-state index is 11.8. The second-order valence-electron chi connectivity index (χ2n) is 4.63. The van der Waals surface area contributed by atoms with E-state index >= 15 is 0 Å². The summed E-state index contributed by atoms with van der Waals surface area (Å²) < 4.78 is 23.7. The number of hydrogen-bond acceptors (Lipinski definition) is 4.